The second kappa shape index (κ2) is 8.76. The minimum absolute atomic E-state index is 0.274. The number of nitrogens with zero attached hydrogens (tertiary/aromatic N) is 1. The van der Waals surface area contributed by atoms with Gasteiger partial charge in [-0.3, -0.25) is 0 Å². The topological polar surface area (TPSA) is 3.24 Å². The van der Waals surface area contributed by atoms with E-state index < -0.39 is 41.3 Å². The summed E-state index contributed by atoms with van der Waals surface area (Å²) in [5, 5.41) is 0. The van der Waals surface area contributed by atoms with E-state index >= 15 is 0 Å². The van der Waals surface area contributed by atoms with E-state index in [2.05, 4.69) is 0 Å². The standard InChI is InChI=1S/C20H23BF5N/c1-5-9-12(6-2)21(13-10-7-8-11-14(13)27(3)4)15-16(22)18(24)20(26)19(25)17(15)23/h7-8,10-12H,5-6,9H2,1-4H3. The fraction of sp³-hybridized carbons (Fsp3) is 0.400. The highest BCUT2D eigenvalue weighted by molar-refractivity contribution is 6.87. The zero-order valence-electron chi connectivity index (χ0n) is 15.9. The molecule has 27 heavy (non-hydrogen) atoms. The molecule has 0 fully saturated rings. The third-order valence-electron chi connectivity index (χ3n) is 4.96. The zero-order valence-corrected chi connectivity index (χ0v) is 15.9. The number of para-hydroxylation sites is 1. The molecule has 0 heterocycles. The van der Waals surface area contributed by atoms with Gasteiger partial charge in [-0.15, -0.1) is 0 Å². The van der Waals surface area contributed by atoms with Crippen LogP contribution in [0.25, 0.3) is 0 Å². The van der Waals surface area contributed by atoms with E-state index in [1.807, 2.05) is 13.8 Å². The van der Waals surface area contributed by atoms with Crippen LogP contribution in [-0.2, 0) is 0 Å². The predicted molar refractivity (Wildman–Crippen MR) is 101 cm³/mol. The molecular formula is C20H23BF5N. The maximum absolute atomic E-state index is 14.7. The minimum atomic E-state index is -2.13. The Morgan fingerprint density at radius 2 is 1.37 bits per heavy atom. The van der Waals surface area contributed by atoms with Crippen LogP contribution in [0.2, 0.25) is 5.82 Å². The number of anilines is 1. The largest absolute Gasteiger partial charge is 0.378 e. The van der Waals surface area contributed by atoms with Gasteiger partial charge in [-0.1, -0.05) is 62.6 Å². The molecule has 1 unspecified atom stereocenters. The van der Waals surface area contributed by atoms with Crippen LogP contribution < -0.4 is 15.8 Å². The molecule has 0 aliphatic rings. The van der Waals surface area contributed by atoms with Crippen LogP contribution >= 0.6 is 0 Å². The van der Waals surface area contributed by atoms with Gasteiger partial charge in [-0.05, 0) is 6.07 Å². The van der Waals surface area contributed by atoms with E-state index in [9.17, 15) is 22.0 Å². The molecule has 0 aliphatic heterocycles. The smallest absolute Gasteiger partial charge is 0.223 e. The molecule has 0 aliphatic carbocycles. The molecule has 1 nitrogen and oxygen atoms in total. The van der Waals surface area contributed by atoms with Gasteiger partial charge in [-0.25, -0.2) is 22.0 Å². The van der Waals surface area contributed by atoms with E-state index in [0.29, 0.717) is 24.0 Å². The van der Waals surface area contributed by atoms with Gasteiger partial charge in [-0.2, -0.15) is 0 Å². The van der Waals surface area contributed by atoms with Crippen LogP contribution in [0.1, 0.15) is 33.1 Å². The molecule has 7 heteroatoms. The second-order valence-corrected chi connectivity index (χ2v) is 6.87. The second-order valence-electron chi connectivity index (χ2n) is 6.87. The van der Waals surface area contributed by atoms with Crippen molar-refractivity contribution in [3.05, 3.63) is 53.4 Å². The fourth-order valence-electron chi connectivity index (χ4n) is 3.68. The van der Waals surface area contributed by atoms with Gasteiger partial charge in [0.15, 0.2) is 29.1 Å². The first-order valence-corrected chi connectivity index (χ1v) is 9.03. The molecule has 0 saturated carbocycles. The lowest BCUT2D eigenvalue weighted by atomic mass is 9.32. The van der Waals surface area contributed by atoms with Crippen LogP contribution in [0, 0.1) is 29.1 Å². The van der Waals surface area contributed by atoms with Crippen molar-refractivity contribution < 1.29 is 22.0 Å². The minimum Gasteiger partial charge on any atom is -0.378 e. The number of halogens is 5. The normalized spacial score (nSPS) is 12.2. The molecule has 0 bridgehead atoms. The van der Waals surface area contributed by atoms with E-state index in [4.69, 9.17) is 0 Å². The third-order valence-corrected chi connectivity index (χ3v) is 4.96. The van der Waals surface area contributed by atoms with Crippen molar-refractivity contribution in [2.45, 2.75) is 38.9 Å². The maximum Gasteiger partial charge on any atom is 0.223 e. The van der Waals surface area contributed by atoms with E-state index in [-0.39, 0.29) is 5.82 Å². The predicted octanol–water partition coefficient (Wildman–Crippen LogP) is 4.64. The zero-order chi connectivity index (χ0) is 20.3. The fourth-order valence-corrected chi connectivity index (χ4v) is 3.68. The van der Waals surface area contributed by atoms with Gasteiger partial charge >= 0.3 is 0 Å². The van der Waals surface area contributed by atoms with Crippen molar-refractivity contribution in [3.63, 3.8) is 0 Å². The van der Waals surface area contributed by atoms with Crippen LogP contribution in [-0.4, -0.2) is 20.8 Å². The Morgan fingerprint density at radius 1 is 0.852 bits per heavy atom. The SMILES string of the molecule is CCCC(CC)B(c1ccccc1N(C)C)c1c(F)c(F)c(F)c(F)c1F. The Morgan fingerprint density at radius 3 is 1.85 bits per heavy atom. The maximum atomic E-state index is 14.7. The summed E-state index contributed by atoms with van der Waals surface area (Å²) in [6.45, 7) is 2.84. The molecule has 0 aromatic heterocycles. The van der Waals surface area contributed by atoms with Gasteiger partial charge < -0.3 is 4.90 Å². The van der Waals surface area contributed by atoms with Crippen molar-refractivity contribution >= 4 is 23.3 Å². The van der Waals surface area contributed by atoms with Gasteiger partial charge in [0.05, 0.1) is 0 Å². The van der Waals surface area contributed by atoms with Crippen LogP contribution in [0.5, 0.6) is 0 Å². The van der Waals surface area contributed by atoms with Crippen molar-refractivity contribution in [3.8, 4) is 0 Å². The Balaban J connectivity index is 2.85. The van der Waals surface area contributed by atoms with E-state index in [1.165, 1.54) is 0 Å². The summed E-state index contributed by atoms with van der Waals surface area (Å²) in [5.41, 5.74) is 0.480. The van der Waals surface area contributed by atoms with Crippen molar-refractivity contribution in [1.82, 2.24) is 0 Å². The van der Waals surface area contributed by atoms with Crippen molar-refractivity contribution in [1.29, 1.82) is 0 Å². The summed E-state index contributed by atoms with van der Waals surface area (Å²) in [6, 6.07) is 6.94. The number of hydrogen-bond acceptors (Lipinski definition) is 1. The molecule has 0 N–H and O–H groups in total. The van der Waals surface area contributed by atoms with Crippen LogP contribution in [0.4, 0.5) is 27.6 Å². The Labute approximate surface area is 157 Å². The van der Waals surface area contributed by atoms with Crippen LogP contribution in [0.15, 0.2) is 24.3 Å². The summed E-state index contributed by atoms with van der Waals surface area (Å²) in [6.07, 6.45) is 1.87. The summed E-state index contributed by atoms with van der Waals surface area (Å²) in [7, 11) is 3.55. The van der Waals surface area contributed by atoms with Crippen molar-refractivity contribution in [2.24, 2.45) is 0 Å². The summed E-state index contributed by atoms with van der Waals surface area (Å²) >= 11 is 0. The molecular weight excluding hydrogens is 360 g/mol. The lowest BCUT2D eigenvalue weighted by molar-refractivity contribution is 0.383. The van der Waals surface area contributed by atoms with E-state index in [1.54, 1.807) is 43.3 Å². The average molecular weight is 383 g/mol. The van der Waals surface area contributed by atoms with Gasteiger partial charge in [0, 0.05) is 25.2 Å². The highest BCUT2D eigenvalue weighted by atomic mass is 19.2. The molecule has 0 spiro atoms. The van der Waals surface area contributed by atoms with Crippen LogP contribution in [0.3, 0.4) is 0 Å². The molecule has 2 aromatic rings. The summed E-state index contributed by atoms with van der Waals surface area (Å²) in [5.74, 6) is -9.70. The first-order chi connectivity index (χ1) is 12.8. The Bertz CT molecular complexity index is 780. The molecule has 2 aromatic carbocycles. The number of rotatable bonds is 7. The highest BCUT2D eigenvalue weighted by Crippen LogP contribution is 2.27. The Hall–Kier alpha value is -2.05. The monoisotopic (exact) mass is 383 g/mol. The molecule has 146 valence electrons. The molecule has 1 atom stereocenters. The number of benzene rings is 2. The first-order valence-electron chi connectivity index (χ1n) is 9.03. The molecule has 0 radical (unpaired) electrons. The lowest BCUT2D eigenvalue weighted by Crippen LogP contribution is -2.51. The number of hydrogen-bond donors (Lipinski definition) is 0. The first kappa shape index (κ1) is 21.3. The van der Waals surface area contributed by atoms with Gasteiger partial charge in [0.2, 0.25) is 6.71 Å². The van der Waals surface area contributed by atoms with Gasteiger partial charge in [0.1, 0.15) is 0 Å². The van der Waals surface area contributed by atoms with Gasteiger partial charge in [0.25, 0.3) is 0 Å². The summed E-state index contributed by atoms with van der Waals surface area (Å²) < 4.78 is 70.8. The lowest BCUT2D eigenvalue weighted by Gasteiger charge is -2.29. The Kier molecular flexibility index (Phi) is 6.90. The molecule has 2 rings (SSSR count). The quantitative estimate of drug-likeness (QED) is 0.292. The van der Waals surface area contributed by atoms with E-state index in [0.717, 1.165) is 6.42 Å². The average Bonchev–Trinajstić information content (AvgIpc) is 2.66. The third kappa shape index (κ3) is 3.97. The highest BCUT2D eigenvalue weighted by Gasteiger charge is 2.38. The summed E-state index contributed by atoms with van der Waals surface area (Å²) in [4.78, 5) is 1.77. The molecule has 0 saturated heterocycles. The molecule has 0 amide bonds. The van der Waals surface area contributed by atoms with Crippen molar-refractivity contribution in [2.75, 3.05) is 19.0 Å².